The van der Waals surface area contributed by atoms with Crippen LogP contribution in [0.1, 0.15) is 12.3 Å². The van der Waals surface area contributed by atoms with Crippen molar-refractivity contribution in [3.63, 3.8) is 0 Å². The first-order chi connectivity index (χ1) is 11.0. The number of nitrogens with zero attached hydrogens (tertiary/aromatic N) is 2. The maximum atomic E-state index is 11.7. The Morgan fingerprint density at radius 3 is 2.91 bits per heavy atom. The molecular weight excluding hydrogens is 322 g/mol. The average molecular weight is 336 g/mol. The van der Waals surface area contributed by atoms with Crippen molar-refractivity contribution in [1.29, 1.82) is 0 Å². The van der Waals surface area contributed by atoms with Crippen LogP contribution in [0.5, 0.6) is 0 Å². The Morgan fingerprint density at radius 1 is 1.39 bits per heavy atom. The molecule has 1 aliphatic rings. The Kier molecular flexibility index (Phi) is 4.29. The molecule has 23 heavy (non-hydrogen) atoms. The van der Waals surface area contributed by atoms with Gasteiger partial charge in [0.25, 0.3) is 0 Å². The molecule has 1 saturated carbocycles. The minimum Gasteiger partial charge on any atom is -0.481 e. The number of hydrogen-bond donors (Lipinski definition) is 2. The maximum Gasteiger partial charge on any atom is 0.307 e. The molecule has 1 heterocycles. The average Bonchev–Trinajstić information content (AvgIpc) is 3.20. The van der Waals surface area contributed by atoms with E-state index in [0.717, 1.165) is 5.56 Å². The number of aliphatic carboxylic acids is 1. The molecule has 1 aromatic heterocycles. The summed E-state index contributed by atoms with van der Waals surface area (Å²) in [6.07, 6.45) is 0.782. The predicted molar refractivity (Wildman–Crippen MR) is 80.7 cm³/mol. The number of carbonyl (C=O) groups excluding carboxylic acids is 1. The first kappa shape index (κ1) is 15.5. The molecule has 0 radical (unpaired) electrons. The van der Waals surface area contributed by atoms with E-state index in [2.05, 4.69) is 15.5 Å². The van der Waals surface area contributed by atoms with Crippen molar-refractivity contribution in [2.75, 3.05) is 6.54 Å². The SMILES string of the molecule is O=C(O)C1CC1C(=O)NCCc1nc(-c2cccc(Cl)c2)no1. The van der Waals surface area contributed by atoms with Crippen molar-refractivity contribution >= 4 is 23.5 Å². The van der Waals surface area contributed by atoms with Crippen molar-refractivity contribution in [1.82, 2.24) is 15.5 Å². The zero-order valence-electron chi connectivity index (χ0n) is 12.0. The first-order valence-electron chi connectivity index (χ1n) is 7.13. The highest BCUT2D eigenvalue weighted by atomic mass is 35.5. The van der Waals surface area contributed by atoms with Gasteiger partial charge in [-0.15, -0.1) is 0 Å². The fourth-order valence-electron chi connectivity index (χ4n) is 2.28. The van der Waals surface area contributed by atoms with E-state index in [9.17, 15) is 9.59 Å². The largest absolute Gasteiger partial charge is 0.481 e. The summed E-state index contributed by atoms with van der Waals surface area (Å²) < 4.78 is 5.13. The molecule has 2 atom stereocenters. The molecule has 0 aliphatic heterocycles. The number of aromatic nitrogens is 2. The number of rotatable bonds is 6. The molecular formula is C15H14ClN3O4. The normalized spacial score (nSPS) is 19.3. The van der Waals surface area contributed by atoms with Gasteiger partial charge in [-0.1, -0.05) is 28.9 Å². The smallest absolute Gasteiger partial charge is 0.307 e. The maximum absolute atomic E-state index is 11.7. The summed E-state index contributed by atoms with van der Waals surface area (Å²) in [5, 5.41) is 15.9. The van der Waals surface area contributed by atoms with Gasteiger partial charge in [0.05, 0.1) is 11.8 Å². The van der Waals surface area contributed by atoms with E-state index in [0.29, 0.717) is 36.1 Å². The quantitative estimate of drug-likeness (QED) is 0.833. The number of carboxylic acid groups (broad SMARTS) is 1. The molecule has 2 unspecified atom stereocenters. The molecule has 0 saturated heterocycles. The molecule has 1 aliphatic carbocycles. The van der Waals surface area contributed by atoms with E-state index in [1.54, 1.807) is 18.2 Å². The van der Waals surface area contributed by atoms with Crippen LogP contribution in [0, 0.1) is 11.8 Å². The van der Waals surface area contributed by atoms with Crippen LogP contribution in [0.15, 0.2) is 28.8 Å². The van der Waals surface area contributed by atoms with Gasteiger partial charge in [0.2, 0.25) is 17.6 Å². The van der Waals surface area contributed by atoms with Crippen LogP contribution in [0.4, 0.5) is 0 Å². The standard InChI is InChI=1S/C15H14ClN3O4/c16-9-3-1-2-8(6-9)13-18-12(23-19-13)4-5-17-14(20)10-7-11(10)15(21)22/h1-3,6,10-11H,4-5,7H2,(H,17,20)(H,21,22). The molecule has 7 nitrogen and oxygen atoms in total. The highest BCUT2D eigenvalue weighted by molar-refractivity contribution is 6.30. The topological polar surface area (TPSA) is 105 Å². The van der Waals surface area contributed by atoms with Gasteiger partial charge in [0.15, 0.2) is 0 Å². The van der Waals surface area contributed by atoms with Crippen LogP contribution in [0.3, 0.4) is 0 Å². The Labute approximate surface area is 136 Å². The van der Waals surface area contributed by atoms with Crippen molar-refractivity contribution in [3.05, 3.63) is 35.2 Å². The van der Waals surface area contributed by atoms with Crippen LogP contribution < -0.4 is 5.32 Å². The zero-order valence-corrected chi connectivity index (χ0v) is 12.8. The van der Waals surface area contributed by atoms with E-state index >= 15 is 0 Å². The number of carbonyl (C=O) groups is 2. The predicted octanol–water partition coefficient (Wildman–Crippen LogP) is 1.77. The van der Waals surface area contributed by atoms with Gasteiger partial charge in [-0.05, 0) is 18.6 Å². The second kappa shape index (κ2) is 6.37. The zero-order chi connectivity index (χ0) is 16.4. The lowest BCUT2D eigenvalue weighted by Gasteiger charge is -2.01. The summed E-state index contributed by atoms with van der Waals surface area (Å²) in [5.41, 5.74) is 0.749. The van der Waals surface area contributed by atoms with Gasteiger partial charge < -0.3 is 14.9 Å². The molecule has 3 rings (SSSR count). The van der Waals surface area contributed by atoms with Crippen molar-refractivity contribution in [2.45, 2.75) is 12.8 Å². The van der Waals surface area contributed by atoms with Gasteiger partial charge >= 0.3 is 5.97 Å². The van der Waals surface area contributed by atoms with E-state index in [1.807, 2.05) is 6.07 Å². The Balaban J connectivity index is 1.50. The second-order valence-corrected chi connectivity index (χ2v) is 5.79. The summed E-state index contributed by atoms with van der Waals surface area (Å²) in [7, 11) is 0. The summed E-state index contributed by atoms with van der Waals surface area (Å²) in [4.78, 5) is 26.7. The van der Waals surface area contributed by atoms with Gasteiger partial charge in [-0.25, -0.2) is 0 Å². The lowest BCUT2D eigenvalue weighted by atomic mass is 10.2. The highest BCUT2D eigenvalue weighted by Crippen LogP contribution is 2.38. The molecule has 1 amide bonds. The van der Waals surface area contributed by atoms with E-state index < -0.39 is 17.8 Å². The van der Waals surface area contributed by atoms with Crippen LogP contribution in [-0.2, 0) is 16.0 Å². The van der Waals surface area contributed by atoms with Crippen LogP contribution in [0.25, 0.3) is 11.4 Å². The fraction of sp³-hybridized carbons (Fsp3) is 0.333. The second-order valence-electron chi connectivity index (χ2n) is 5.35. The molecule has 0 bridgehead atoms. The van der Waals surface area contributed by atoms with E-state index in [1.165, 1.54) is 0 Å². The molecule has 0 spiro atoms. The fourth-order valence-corrected chi connectivity index (χ4v) is 2.47. The van der Waals surface area contributed by atoms with Crippen LogP contribution >= 0.6 is 11.6 Å². The first-order valence-corrected chi connectivity index (χ1v) is 7.51. The van der Waals surface area contributed by atoms with Gasteiger partial charge in [0, 0.05) is 23.6 Å². The summed E-state index contributed by atoms with van der Waals surface area (Å²) in [5.74, 6) is -1.31. The number of carboxylic acids is 1. The Morgan fingerprint density at radius 2 is 2.22 bits per heavy atom. The third kappa shape index (κ3) is 3.68. The van der Waals surface area contributed by atoms with Crippen LogP contribution in [0.2, 0.25) is 5.02 Å². The van der Waals surface area contributed by atoms with E-state index in [-0.39, 0.29) is 5.91 Å². The summed E-state index contributed by atoms with van der Waals surface area (Å²) >= 11 is 5.91. The van der Waals surface area contributed by atoms with Crippen molar-refractivity contribution < 1.29 is 19.2 Å². The Bertz CT molecular complexity index is 746. The Hall–Kier alpha value is -2.41. The summed E-state index contributed by atoms with van der Waals surface area (Å²) in [6, 6.07) is 7.10. The number of halogens is 1. The van der Waals surface area contributed by atoms with Gasteiger partial charge in [-0.2, -0.15) is 4.98 Å². The van der Waals surface area contributed by atoms with Crippen molar-refractivity contribution in [3.8, 4) is 11.4 Å². The lowest BCUT2D eigenvalue weighted by molar-refractivity contribution is -0.140. The van der Waals surface area contributed by atoms with Crippen molar-refractivity contribution in [2.24, 2.45) is 11.8 Å². The molecule has 1 aromatic carbocycles. The lowest BCUT2D eigenvalue weighted by Crippen LogP contribution is -2.28. The minimum absolute atomic E-state index is 0.244. The minimum atomic E-state index is -0.923. The van der Waals surface area contributed by atoms with Gasteiger partial charge in [-0.3, -0.25) is 9.59 Å². The third-order valence-electron chi connectivity index (χ3n) is 3.63. The molecule has 8 heteroatoms. The van der Waals surface area contributed by atoms with E-state index in [4.69, 9.17) is 21.2 Å². The van der Waals surface area contributed by atoms with Gasteiger partial charge in [0.1, 0.15) is 0 Å². The third-order valence-corrected chi connectivity index (χ3v) is 3.87. The monoisotopic (exact) mass is 335 g/mol. The number of benzene rings is 1. The molecule has 120 valence electrons. The number of nitrogens with one attached hydrogen (secondary N) is 1. The molecule has 2 aromatic rings. The highest BCUT2D eigenvalue weighted by Gasteiger charge is 2.48. The molecule has 2 N–H and O–H groups in total. The van der Waals surface area contributed by atoms with Crippen LogP contribution in [-0.4, -0.2) is 33.7 Å². The number of hydrogen-bond acceptors (Lipinski definition) is 5. The summed E-state index contributed by atoms with van der Waals surface area (Å²) in [6.45, 7) is 0.318. The number of amides is 1. The molecule has 1 fully saturated rings.